The molecule has 0 fully saturated rings. The number of aromatic nitrogens is 3. The Hall–Kier alpha value is -3.17. The van der Waals surface area contributed by atoms with Crippen molar-refractivity contribution in [2.24, 2.45) is 7.05 Å². The summed E-state index contributed by atoms with van der Waals surface area (Å²) in [4.78, 5) is 53.2. The number of aryl methyl sites for hydroxylation is 3. The summed E-state index contributed by atoms with van der Waals surface area (Å²) in [5.41, 5.74) is 2.03. The number of fused-ring (bicyclic) bond motifs is 1. The molecule has 0 radical (unpaired) electrons. The van der Waals surface area contributed by atoms with Crippen molar-refractivity contribution >= 4 is 28.8 Å². The van der Waals surface area contributed by atoms with E-state index in [2.05, 4.69) is 15.4 Å². The van der Waals surface area contributed by atoms with E-state index in [1.807, 2.05) is 0 Å². The van der Waals surface area contributed by atoms with Gasteiger partial charge in [0.15, 0.2) is 5.65 Å². The fourth-order valence-electron chi connectivity index (χ4n) is 3.18. The van der Waals surface area contributed by atoms with Crippen molar-refractivity contribution in [2.75, 3.05) is 13.1 Å². The van der Waals surface area contributed by atoms with Gasteiger partial charge in [-0.05, 0) is 31.9 Å². The summed E-state index contributed by atoms with van der Waals surface area (Å²) in [7, 11) is 1.68. The smallest absolute Gasteiger partial charge is 0.326 e. The second kappa shape index (κ2) is 8.24. The molecule has 0 saturated carbocycles. The van der Waals surface area contributed by atoms with Crippen molar-refractivity contribution in [1.29, 1.82) is 0 Å². The van der Waals surface area contributed by atoms with Gasteiger partial charge < -0.3 is 15.3 Å². The standard InChI is InChI=1S/C18H25N5O5/c1-9-13(10(2)20-16-15(9)17(26)21-22(16)5)8-14(25)23(11(3)18(27)28)7-6-19-12(4)24/h11H,6-8H2,1-5H3,(H,19,24)(H,21,26)(H,27,28). The van der Waals surface area contributed by atoms with Crippen LogP contribution in [0.25, 0.3) is 11.0 Å². The fraction of sp³-hybridized carbons (Fsp3) is 0.500. The minimum atomic E-state index is -1.14. The zero-order valence-corrected chi connectivity index (χ0v) is 16.6. The monoisotopic (exact) mass is 391 g/mol. The van der Waals surface area contributed by atoms with Crippen LogP contribution in [0.4, 0.5) is 0 Å². The Morgan fingerprint density at radius 3 is 2.54 bits per heavy atom. The lowest BCUT2D eigenvalue weighted by molar-refractivity contribution is -0.149. The van der Waals surface area contributed by atoms with Gasteiger partial charge in [0.05, 0.1) is 11.8 Å². The third-order valence-corrected chi connectivity index (χ3v) is 4.78. The molecule has 0 saturated heterocycles. The molecular formula is C18H25N5O5. The summed E-state index contributed by atoms with van der Waals surface area (Å²) in [5, 5.41) is 14.9. The minimum absolute atomic E-state index is 0.0611. The van der Waals surface area contributed by atoms with E-state index in [-0.39, 0.29) is 31.0 Å². The molecule has 0 aliphatic carbocycles. The van der Waals surface area contributed by atoms with E-state index >= 15 is 0 Å². The van der Waals surface area contributed by atoms with Gasteiger partial charge in [0.1, 0.15) is 6.04 Å². The molecule has 0 bridgehead atoms. The Labute approximate surface area is 161 Å². The summed E-state index contributed by atoms with van der Waals surface area (Å²) in [5.74, 6) is -1.82. The molecule has 28 heavy (non-hydrogen) atoms. The molecule has 0 aromatic carbocycles. The Kier molecular flexibility index (Phi) is 6.22. The average molecular weight is 391 g/mol. The van der Waals surface area contributed by atoms with Gasteiger partial charge in [0.2, 0.25) is 11.8 Å². The van der Waals surface area contributed by atoms with Gasteiger partial charge >= 0.3 is 5.97 Å². The zero-order valence-electron chi connectivity index (χ0n) is 16.6. The topological polar surface area (TPSA) is 137 Å². The van der Waals surface area contributed by atoms with Crippen LogP contribution in [0.15, 0.2) is 4.79 Å². The predicted octanol–water partition coefficient (Wildman–Crippen LogP) is -0.141. The van der Waals surface area contributed by atoms with Crippen molar-refractivity contribution in [1.82, 2.24) is 25.0 Å². The number of hydrogen-bond donors (Lipinski definition) is 3. The molecule has 1 unspecified atom stereocenters. The number of carbonyl (C=O) groups excluding carboxylic acids is 2. The number of pyridine rings is 1. The Balaban J connectivity index is 2.36. The summed E-state index contributed by atoms with van der Waals surface area (Å²) in [6.45, 7) is 6.46. The Morgan fingerprint density at radius 2 is 1.96 bits per heavy atom. The molecule has 0 aliphatic heterocycles. The molecule has 1 atom stereocenters. The van der Waals surface area contributed by atoms with E-state index in [0.717, 1.165) is 0 Å². The molecule has 152 valence electrons. The summed E-state index contributed by atoms with van der Waals surface area (Å²) in [6.07, 6.45) is -0.0906. The lowest BCUT2D eigenvalue weighted by atomic mass is 10.0. The fourth-order valence-corrected chi connectivity index (χ4v) is 3.18. The van der Waals surface area contributed by atoms with Crippen molar-refractivity contribution in [3.8, 4) is 0 Å². The van der Waals surface area contributed by atoms with Crippen LogP contribution in [-0.4, -0.2) is 61.7 Å². The third-order valence-electron chi connectivity index (χ3n) is 4.78. The zero-order chi connectivity index (χ0) is 21.2. The number of nitrogens with zero attached hydrogens (tertiary/aromatic N) is 3. The van der Waals surface area contributed by atoms with Crippen LogP contribution in [0.1, 0.15) is 30.7 Å². The van der Waals surface area contributed by atoms with Gasteiger partial charge in [-0.1, -0.05) is 0 Å². The molecule has 10 heteroatoms. The number of carbonyl (C=O) groups is 3. The number of nitrogens with one attached hydrogen (secondary N) is 2. The molecule has 0 aliphatic rings. The average Bonchev–Trinajstić information content (AvgIpc) is 2.88. The number of carboxylic acids is 1. The maximum absolute atomic E-state index is 12.9. The van der Waals surface area contributed by atoms with Crippen LogP contribution in [-0.2, 0) is 27.9 Å². The Bertz CT molecular complexity index is 990. The summed E-state index contributed by atoms with van der Waals surface area (Å²) in [6, 6.07) is -1.06. The van der Waals surface area contributed by atoms with E-state index < -0.39 is 17.9 Å². The van der Waals surface area contributed by atoms with Crippen molar-refractivity contribution in [3.63, 3.8) is 0 Å². The number of H-pyrrole nitrogens is 1. The number of hydrogen-bond acceptors (Lipinski definition) is 5. The number of rotatable bonds is 7. The number of amides is 2. The van der Waals surface area contributed by atoms with Crippen LogP contribution >= 0.6 is 0 Å². The highest BCUT2D eigenvalue weighted by Gasteiger charge is 2.27. The highest BCUT2D eigenvalue weighted by Crippen LogP contribution is 2.21. The maximum atomic E-state index is 12.9. The first-order valence-electron chi connectivity index (χ1n) is 8.86. The first-order valence-corrected chi connectivity index (χ1v) is 8.86. The summed E-state index contributed by atoms with van der Waals surface area (Å²) < 4.78 is 1.52. The van der Waals surface area contributed by atoms with E-state index in [0.29, 0.717) is 27.9 Å². The number of aliphatic carboxylic acids is 1. The van der Waals surface area contributed by atoms with Gasteiger partial charge in [-0.2, -0.15) is 0 Å². The van der Waals surface area contributed by atoms with Gasteiger partial charge in [-0.15, -0.1) is 0 Å². The number of aromatic amines is 1. The van der Waals surface area contributed by atoms with Crippen molar-refractivity contribution in [3.05, 3.63) is 27.2 Å². The van der Waals surface area contributed by atoms with E-state index in [9.17, 15) is 24.3 Å². The quantitative estimate of drug-likeness (QED) is 0.601. The molecule has 2 aromatic heterocycles. The second-order valence-corrected chi connectivity index (χ2v) is 6.76. The normalized spacial score (nSPS) is 12.0. The second-order valence-electron chi connectivity index (χ2n) is 6.76. The van der Waals surface area contributed by atoms with Gasteiger partial charge in [-0.3, -0.25) is 24.2 Å². The molecular weight excluding hydrogens is 366 g/mol. The predicted molar refractivity (Wildman–Crippen MR) is 102 cm³/mol. The molecule has 3 N–H and O–H groups in total. The molecule has 2 amide bonds. The largest absolute Gasteiger partial charge is 0.480 e. The molecule has 2 aromatic rings. The minimum Gasteiger partial charge on any atom is -0.480 e. The third kappa shape index (κ3) is 4.21. The van der Waals surface area contributed by atoms with Crippen LogP contribution in [0.2, 0.25) is 0 Å². The number of carboxylic acid groups (broad SMARTS) is 1. The van der Waals surface area contributed by atoms with Crippen LogP contribution in [0.3, 0.4) is 0 Å². The SMILES string of the molecule is CC(=O)NCCN(C(=O)Cc1c(C)nc2c(c1C)c(=O)[nH]n2C)C(C)C(=O)O. The lowest BCUT2D eigenvalue weighted by Crippen LogP contribution is -2.47. The van der Waals surface area contributed by atoms with E-state index in [4.69, 9.17) is 0 Å². The van der Waals surface area contributed by atoms with E-state index in [1.54, 1.807) is 20.9 Å². The van der Waals surface area contributed by atoms with Crippen LogP contribution < -0.4 is 10.9 Å². The van der Waals surface area contributed by atoms with Crippen LogP contribution in [0, 0.1) is 13.8 Å². The highest BCUT2D eigenvalue weighted by molar-refractivity contribution is 5.87. The summed E-state index contributed by atoms with van der Waals surface area (Å²) >= 11 is 0. The molecule has 2 rings (SSSR count). The van der Waals surface area contributed by atoms with Gasteiger partial charge in [-0.25, -0.2) is 9.78 Å². The maximum Gasteiger partial charge on any atom is 0.326 e. The molecule has 10 nitrogen and oxygen atoms in total. The lowest BCUT2D eigenvalue weighted by Gasteiger charge is -2.27. The first kappa shape index (κ1) is 21.1. The molecule has 0 spiro atoms. The first-order chi connectivity index (χ1) is 13.0. The van der Waals surface area contributed by atoms with E-state index in [1.165, 1.54) is 23.4 Å². The molecule has 2 heterocycles. The Morgan fingerprint density at radius 1 is 1.32 bits per heavy atom. The van der Waals surface area contributed by atoms with Crippen LogP contribution in [0.5, 0.6) is 0 Å². The highest BCUT2D eigenvalue weighted by atomic mass is 16.4. The van der Waals surface area contributed by atoms with Gasteiger partial charge in [0, 0.05) is 32.8 Å². The van der Waals surface area contributed by atoms with Crippen molar-refractivity contribution < 1.29 is 19.5 Å². The van der Waals surface area contributed by atoms with Gasteiger partial charge in [0.25, 0.3) is 5.56 Å². The van der Waals surface area contributed by atoms with Crippen molar-refractivity contribution in [2.45, 2.75) is 40.2 Å².